The van der Waals surface area contributed by atoms with Crippen molar-refractivity contribution in [2.24, 2.45) is 0 Å². The smallest absolute Gasteiger partial charge is 0.256 e. The van der Waals surface area contributed by atoms with Gasteiger partial charge in [-0.2, -0.15) is 0 Å². The minimum Gasteiger partial charge on any atom is -0.367 e. The molecule has 1 amide bonds. The fourth-order valence-electron chi connectivity index (χ4n) is 2.13. The molecule has 0 spiro atoms. The van der Waals surface area contributed by atoms with Crippen LogP contribution in [0.2, 0.25) is 0 Å². The van der Waals surface area contributed by atoms with E-state index in [1.54, 1.807) is 0 Å². The lowest BCUT2D eigenvalue weighted by Gasteiger charge is -2.19. The quantitative estimate of drug-likeness (QED) is 0.760. The molecule has 1 heterocycles. The minimum absolute atomic E-state index is 0.0673. The molecule has 0 bridgehead atoms. The molecule has 0 saturated carbocycles. The van der Waals surface area contributed by atoms with E-state index in [-0.39, 0.29) is 22.9 Å². The van der Waals surface area contributed by atoms with Crippen LogP contribution >= 0.6 is 0 Å². The van der Waals surface area contributed by atoms with Crippen molar-refractivity contribution in [2.45, 2.75) is 39.7 Å². The SMILES string of the molecule is CCN(CC)CCCC(C)NC(=O)c1c[nH]ccc1=O. The van der Waals surface area contributed by atoms with Crippen LogP contribution in [0.1, 0.15) is 44.0 Å². The Bertz CT molecular complexity index is 466. The van der Waals surface area contributed by atoms with Crippen LogP contribution in [0.5, 0.6) is 0 Å². The summed E-state index contributed by atoms with van der Waals surface area (Å²) in [6.45, 7) is 9.41. The predicted octanol–water partition coefficient (Wildman–Crippen LogP) is 1.62. The van der Waals surface area contributed by atoms with Gasteiger partial charge in [-0.15, -0.1) is 0 Å². The van der Waals surface area contributed by atoms with Crippen LogP contribution in [0.4, 0.5) is 0 Å². The lowest BCUT2D eigenvalue weighted by Crippen LogP contribution is -2.36. The summed E-state index contributed by atoms with van der Waals surface area (Å²) in [6.07, 6.45) is 4.91. The van der Waals surface area contributed by atoms with Gasteiger partial charge in [0.25, 0.3) is 5.91 Å². The molecule has 5 heteroatoms. The monoisotopic (exact) mass is 279 g/mol. The molecule has 1 unspecified atom stereocenters. The van der Waals surface area contributed by atoms with Crippen LogP contribution in [0.3, 0.4) is 0 Å². The first kappa shape index (κ1) is 16.4. The Morgan fingerprint density at radius 3 is 2.70 bits per heavy atom. The third-order valence-corrected chi connectivity index (χ3v) is 3.45. The van der Waals surface area contributed by atoms with Gasteiger partial charge in [-0.1, -0.05) is 13.8 Å². The van der Waals surface area contributed by atoms with Gasteiger partial charge >= 0.3 is 0 Å². The lowest BCUT2D eigenvalue weighted by atomic mass is 10.1. The molecule has 1 aromatic rings. The Labute approximate surface area is 120 Å². The Morgan fingerprint density at radius 1 is 1.40 bits per heavy atom. The van der Waals surface area contributed by atoms with Crippen molar-refractivity contribution in [1.82, 2.24) is 15.2 Å². The van der Waals surface area contributed by atoms with E-state index in [1.807, 2.05) is 6.92 Å². The van der Waals surface area contributed by atoms with E-state index in [2.05, 4.69) is 29.0 Å². The number of hydrogen-bond donors (Lipinski definition) is 2. The van der Waals surface area contributed by atoms with Crippen molar-refractivity contribution in [1.29, 1.82) is 0 Å². The van der Waals surface area contributed by atoms with Crippen LogP contribution in [-0.2, 0) is 0 Å². The molecule has 0 aromatic carbocycles. The summed E-state index contributed by atoms with van der Waals surface area (Å²) in [7, 11) is 0. The number of rotatable bonds is 8. The number of hydrogen-bond acceptors (Lipinski definition) is 3. The molecule has 0 fully saturated rings. The number of carbonyl (C=O) groups is 1. The van der Waals surface area contributed by atoms with Crippen molar-refractivity contribution in [3.63, 3.8) is 0 Å². The van der Waals surface area contributed by atoms with Crippen LogP contribution < -0.4 is 10.7 Å². The number of pyridine rings is 1. The average molecular weight is 279 g/mol. The van der Waals surface area contributed by atoms with Crippen molar-refractivity contribution >= 4 is 5.91 Å². The summed E-state index contributed by atoms with van der Waals surface area (Å²) in [5, 5.41) is 2.87. The number of nitrogens with one attached hydrogen (secondary N) is 2. The molecule has 0 aliphatic rings. The topological polar surface area (TPSA) is 65.2 Å². The highest BCUT2D eigenvalue weighted by Crippen LogP contribution is 2.00. The van der Waals surface area contributed by atoms with Crippen molar-refractivity contribution < 1.29 is 4.79 Å². The second kappa shape index (κ2) is 8.53. The van der Waals surface area contributed by atoms with Gasteiger partial charge in [0.05, 0.1) is 0 Å². The summed E-state index contributed by atoms with van der Waals surface area (Å²) in [5.41, 5.74) is -0.0836. The van der Waals surface area contributed by atoms with Gasteiger partial charge in [0.1, 0.15) is 5.56 Å². The van der Waals surface area contributed by atoms with Crippen LogP contribution in [0.25, 0.3) is 0 Å². The number of amides is 1. The van der Waals surface area contributed by atoms with Gasteiger partial charge in [0, 0.05) is 24.5 Å². The average Bonchev–Trinajstić information content (AvgIpc) is 2.44. The standard InChI is InChI=1S/C15H25N3O2/c1-4-18(5-2)10-6-7-12(3)17-15(20)13-11-16-9-8-14(13)19/h8-9,11-12H,4-7,10H2,1-3H3,(H,16,19)(H,17,20). The molecule has 0 saturated heterocycles. The third-order valence-electron chi connectivity index (χ3n) is 3.45. The fraction of sp³-hybridized carbons (Fsp3) is 0.600. The molecular formula is C15H25N3O2. The first-order chi connectivity index (χ1) is 9.58. The number of carbonyl (C=O) groups excluding carboxylic acids is 1. The number of nitrogens with zero attached hydrogens (tertiary/aromatic N) is 1. The van der Waals surface area contributed by atoms with E-state index < -0.39 is 0 Å². The van der Waals surface area contributed by atoms with Gasteiger partial charge < -0.3 is 15.2 Å². The van der Waals surface area contributed by atoms with E-state index in [0.717, 1.165) is 32.5 Å². The van der Waals surface area contributed by atoms with E-state index in [1.165, 1.54) is 18.5 Å². The molecule has 5 nitrogen and oxygen atoms in total. The number of H-pyrrole nitrogens is 1. The Balaban J connectivity index is 2.39. The molecule has 1 aromatic heterocycles. The second-order valence-corrected chi connectivity index (χ2v) is 4.97. The molecular weight excluding hydrogens is 254 g/mol. The summed E-state index contributed by atoms with van der Waals surface area (Å²) < 4.78 is 0. The van der Waals surface area contributed by atoms with E-state index in [9.17, 15) is 9.59 Å². The number of aromatic amines is 1. The van der Waals surface area contributed by atoms with E-state index >= 15 is 0 Å². The molecule has 0 aliphatic heterocycles. The van der Waals surface area contributed by atoms with Crippen LogP contribution in [-0.4, -0.2) is 41.5 Å². The van der Waals surface area contributed by atoms with Gasteiger partial charge in [-0.3, -0.25) is 9.59 Å². The van der Waals surface area contributed by atoms with E-state index in [0.29, 0.717) is 0 Å². The highest BCUT2D eigenvalue weighted by Gasteiger charge is 2.12. The molecule has 0 aliphatic carbocycles. The molecule has 1 atom stereocenters. The maximum Gasteiger partial charge on any atom is 0.256 e. The summed E-state index contributed by atoms with van der Waals surface area (Å²) in [6, 6.07) is 1.43. The highest BCUT2D eigenvalue weighted by molar-refractivity contribution is 5.93. The zero-order chi connectivity index (χ0) is 15.0. The first-order valence-corrected chi connectivity index (χ1v) is 7.28. The zero-order valence-electron chi connectivity index (χ0n) is 12.6. The van der Waals surface area contributed by atoms with Crippen molar-refractivity contribution in [3.8, 4) is 0 Å². The molecule has 20 heavy (non-hydrogen) atoms. The molecule has 112 valence electrons. The maximum absolute atomic E-state index is 11.9. The summed E-state index contributed by atoms with van der Waals surface area (Å²) >= 11 is 0. The van der Waals surface area contributed by atoms with Gasteiger partial charge in [-0.25, -0.2) is 0 Å². The molecule has 2 N–H and O–H groups in total. The van der Waals surface area contributed by atoms with Crippen molar-refractivity contribution in [3.05, 3.63) is 34.2 Å². The number of aromatic nitrogens is 1. The van der Waals surface area contributed by atoms with Gasteiger partial charge in [0.2, 0.25) is 0 Å². The van der Waals surface area contributed by atoms with Crippen molar-refractivity contribution in [2.75, 3.05) is 19.6 Å². The van der Waals surface area contributed by atoms with Crippen LogP contribution in [0, 0.1) is 0 Å². The van der Waals surface area contributed by atoms with Crippen LogP contribution in [0.15, 0.2) is 23.3 Å². The highest BCUT2D eigenvalue weighted by atomic mass is 16.2. The molecule has 0 radical (unpaired) electrons. The maximum atomic E-state index is 11.9. The Kier molecular flexibility index (Phi) is 7.01. The Morgan fingerprint density at radius 2 is 2.10 bits per heavy atom. The Hall–Kier alpha value is -1.62. The molecule has 1 rings (SSSR count). The van der Waals surface area contributed by atoms with E-state index in [4.69, 9.17) is 0 Å². The van der Waals surface area contributed by atoms with Gasteiger partial charge in [-0.05, 0) is 39.4 Å². The minimum atomic E-state index is -0.304. The largest absolute Gasteiger partial charge is 0.367 e. The normalized spacial score (nSPS) is 12.4. The van der Waals surface area contributed by atoms with Gasteiger partial charge in [0.15, 0.2) is 5.43 Å². The lowest BCUT2D eigenvalue weighted by molar-refractivity contribution is 0.0936. The predicted molar refractivity (Wildman–Crippen MR) is 81.0 cm³/mol. The fourth-order valence-corrected chi connectivity index (χ4v) is 2.13. The third kappa shape index (κ3) is 5.17. The zero-order valence-corrected chi connectivity index (χ0v) is 12.6. The second-order valence-electron chi connectivity index (χ2n) is 4.97. The summed E-state index contributed by atoms with van der Waals surface area (Å²) in [4.78, 5) is 28.6. The summed E-state index contributed by atoms with van der Waals surface area (Å²) in [5.74, 6) is -0.304. The first-order valence-electron chi connectivity index (χ1n) is 7.28.